The van der Waals surface area contributed by atoms with Crippen molar-refractivity contribution in [1.29, 1.82) is 0 Å². The van der Waals surface area contributed by atoms with E-state index in [1.165, 1.54) is 4.90 Å². The molecule has 1 N–H and O–H groups in total. The monoisotopic (exact) mass is 426 g/mol. The van der Waals surface area contributed by atoms with Crippen molar-refractivity contribution < 1.29 is 9.59 Å². The van der Waals surface area contributed by atoms with E-state index in [2.05, 4.69) is 5.32 Å². The van der Waals surface area contributed by atoms with E-state index in [1.54, 1.807) is 31.2 Å². The summed E-state index contributed by atoms with van der Waals surface area (Å²) >= 11 is 18.6. The number of hydrogen-bond donors (Lipinski definition) is 1. The number of carbonyl (C=O) groups is 2. The molecule has 0 radical (unpaired) electrons. The first kappa shape index (κ1) is 21.5. The van der Waals surface area contributed by atoms with Gasteiger partial charge in [0.1, 0.15) is 6.04 Å². The highest BCUT2D eigenvalue weighted by atomic mass is 35.5. The molecule has 0 saturated heterocycles. The van der Waals surface area contributed by atoms with Gasteiger partial charge in [0.15, 0.2) is 0 Å². The van der Waals surface area contributed by atoms with Crippen LogP contribution in [0.15, 0.2) is 42.5 Å². The van der Waals surface area contributed by atoms with Crippen LogP contribution in [0.4, 0.5) is 0 Å². The van der Waals surface area contributed by atoms with Gasteiger partial charge < -0.3 is 10.2 Å². The summed E-state index contributed by atoms with van der Waals surface area (Å²) in [6.07, 6.45) is -0.00724. The third-order valence-electron chi connectivity index (χ3n) is 4.21. The van der Waals surface area contributed by atoms with Crippen LogP contribution in [0.1, 0.15) is 25.0 Å². The van der Waals surface area contributed by atoms with Crippen molar-refractivity contribution in [1.82, 2.24) is 10.2 Å². The Kier molecular flexibility index (Phi) is 7.96. The van der Waals surface area contributed by atoms with E-state index in [0.29, 0.717) is 27.2 Å². The molecule has 0 heterocycles. The predicted octanol–water partition coefficient (Wildman–Crippen LogP) is 4.74. The van der Waals surface area contributed by atoms with E-state index in [1.807, 2.05) is 25.1 Å². The lowest BCUT2D eigenvalue weighted by Crippen LogP contribution is -2.48. The van der Waals surface area contributed by atoms with Crippen LogP contribution in [0, 0.1) is 0 Å². The first-order chi connectivity index (χ1) is 12.8. The summed E-state index contributed by atoms with van der Waals surface area (Å²) in [6.45, 7) is 4.20. The summed E-state index contributed by atoms with van der Waals surface area (Å²) in [4.78, 5) is 26.9. The molecule has 0 unspecified atom stereocenters. The zero-order valence-electron chi connectivity index (χ0n) is 15.1. The highest BCUT2D eigenvalue weighted by Crippen LogP contribution is 2.26. The van der Waals surface area contributed by atoms with Crippen LogP contribution in [0.25, 0.3) is 0 Å². The Bertz CT molecular complexity index is 806. The van der Waals surface area contributed by atoms with Gasteiger partial charge in [-0.25, -0.2) is 0 Å². The van der Waals surface area contributed by atoms with Crippen molar-refractivity contribution in [3.8, 4) is 0 Å². The Balaban J connectivity index is 2.31. The van der Waals surface area contributed by atoms with Gasteiger partial charge in [0.05, 0.1) is 6.42 Å². The first-order valence-electron chi connectivity index (χ1n) is 8.58. The number of likely N-dealkylation sites (N-methyl/N-ethyl adjacent to an activating group) is 1. The molecule has 7 heteroatoms. The zero-order chi connectivity index (χ0) is 20.0. The number of nitrogens with zero attached hydrogens (tertiary/aromatic N) is 1. The van der Waals surface area contributed by atoms with E-state index in [0.717, 1.165) is 5.56 Å². The minimum atomic E-state index is -0.671. The number of rotatable bonds is 7. The summed E-state index contributed by atoms with van der Waals surface area (Å²) in [6, 6.07) is 11.6. The highest BCUT2D eigenvalue weighted by molar-refractivity contribution is 6.36. The van der Waals surface area contributed by atoms with Gasteiger partial charge in [-0.1, -0.05) is 59.1 Å². The van der Waals surface area contributed by atoms with E-state index < -0.39 is 6.04 Å². The quantitative estimate of drug-likeness (QED) is 0.693. The molecule has 0 saturated carbocycles. The molecule has 0 aliphatic rings. The van der Waals surface area contributed by atoms with Crippen LogP contribution < -0.4 is 5.32 Å². The molecular formula is C20H21Cl3N2O2. The van der Waals surface area contributed by atoms with Crippen LogP contribution in [0.3, 0.4) is 0 Å². The minimum Gasteiger partial charge on any atom is -0.355 e. The van der Waals surface area contributed by atoms with Crippen molar-refractivity contribution in [2.24, 2.45) is 0 Å². The Morgan fingerprint density at radius 3 is 2.19 bits per heavy atom. The maximum Gasteiger partial charge on any atom is 0.242 e. The number of amides is 2. The second kappa shape index (κ2) is 9.98. The molecule has 2 aromatic rings. The molecule has 2 amide bonds. The molecule has 144 valence electrons. The molecule has 4 nitrogen and oxygen atoms in total. The summed E-state index contributed by atoms with van der Waals surface area (Å²) in [5, 5.41) is 4.12. The summed E-state index contributed by atoms with van der Waals surface area (Å²) < 4.78 is 0. The van der Waals surface area contributed by atoms with Crippen molar-refractivity contribution in [2.75, 3.05) is 6.54 Å². The Morgan fingerprint density at radius 1 is 1.00 bits per heavy atom. The minimum absolute atomic E-state index is 0.00724. The lowest BCUT2D eigenvalue weighted by Gasteiger charge is -2.29. The summed E-state index contributed by atoms with van der Waals surface area (Å²) in [5.74, 6) is -0.494. The molecule has 27 heavy (non-hydrogen) atoms. The van der Waals surface area contributed by atoms with Crippen LogP contribution in [0.2, 0.25) is 15.1 Å². The molecule has 0 spiro atoms. The van der Waals surface area contributed by atoms with Gasteiger partial charge in [-0.3, -0.25) is 9.59 Å². The van der Waals surface area contributed by atoms with Crippen LogP contribution in [0.5, 0.6) is 0 Å². The molecule has 1 atom stereocenters. The van der Waals surface area contributed by atoms with Crippen molar-refractivity contribution in [2.45, 2.75) is 32.9 Å². The zero-order valence-corrected chi connectivity index (χ0v) is 17.4. The summed E-state index contributed by atoms with van der Waals surface area (Å²) in [5.41, 5.74) is 1.30. The van der Waals surface area contributed by atoms with Crippen molar-refractivity contribution >= 4 is 46.6 Å². The average molecular weight is 428 g/mol. The van der Waals surface area contributed by atoms with E-state index in [-0.39, 0.29) is 24.8 Å². The molecule has 2 aromatic carbocycles. The number of halogens is 3. The first-order valence-corrected chi connectivity index (χ1v) is 9.72. The van der Waals surface area contributed by atoms with E-state index in [9.17, 15) is 9.59 Å². The fraction of sp³-hybridized carbons (Fsp3) is 0.300. The largest absolute Gasteiger partial charge is 0.355 e. The van der Waals surface area contributed by atoms with Crippen molar-refractivity contribution in [3.63, 3.8) is 0 Å². The van der Waals surface area contributed by atoms with Gasteiger partial charge in [0, 0.05) is 28.2 Å². The molecule has 0 fully saturated rings. The van der Waals surface area contributed by atoms with E-state index >= 15 is 0 Å². The third kappa shape index (κ3) is 5.61. The van der Waals surface area contributed by atoms with Gasteiger partial charge in [-0.05, 0) is 43.2 Å². The second-order valence-electron chi connectivity index (χ2n) is 6.06. The molecule has 0 aliphatic heterocycles. The maximum atomic E-state index is 13.1. The highest BCUT2D eigenvalue weighted by Gasteiger charge is 2.27. The van der Waals surface area contributed by atoms with Gasteiger partial charge >= 0.3 is 0 Å². The predicted molar refractivity (Wildman–Crippen MR) is 110 cm³/mol. The normalized spacial score (nSPS) is 11.7. The average Bonchev–Trinajstić information content (AvgIpc) is 2.63. The second-order valence-corrected chi connectivity index (χ2v) is 7.28. The Hall–Kier alpha value is -1.75. The van der Waals surface area contributed by atoms with Gasteiger partial charge in [0.2, 0.25) is 11.8 Å². The van der Waals surface area contributed by atoms with Crippen LogP contribution in [-0.2, 0) is 22.6 Å². The number of benzene rings is 2. The molecule has 0 aromatic heterocycles. The summed E-state index contributed by atoms with van der Waals surface area (Å²) in [7, 11) is 0. The number of carbonyl (C=O) groups excluding carboxylic acids is 2. The molecule has 0 bridgehead atoms. The smallest absolute Gasteiger partial charge is 0.242 e. The van der Waals surface area contributed by atoms with Crippen molar-refractivity contribution in [3.05, 3.63) is 68.7 Å². The fourth-order valence-corrected chi connectivity index (χ4v) is 3.40. The third-order valence-corrected chi connectivity index (χ3v) is 5.28. The van der Waals surface area contributed by atoms with Gasteiger partial charge in [0.25, 0.3) is 0 Å². The van der Waals surface area contributed by atoms with Crippen LogP contribution in [-0.4, -0.2) is 29.3 Å². The van der Waals surface area contributed by atoms with Gasteiger partial charge in [-0.15, -0.1) is 0 Å². The van der Waals surface area contributed by atoms with Crippen LogP contribution >= 0.6 is 34.8 Å². The number of nitrogens with one attached hydrogen (secondary N) is 1. The molecule has 2 rings (SSSR count). The lowest BCUT2D eigenvalue weighted by molar-refractivity contribution is -0.140. The SMILES string of the molecule is CCNC(=O)[C@H](C)N(Cc1ccccc1Cl)C(=O)Cc1c(Cl)cccc1Cl. The molecule has 0 aliphatic carbocycles. The Labute approximate surface area is 174 Å². The van der Waals surface area contributed by atoms with E-state index in [4.69, 9.17) is 34.8 Å². The maximum absolute atomic E-state index is 13.1. The standard InChI is InChI=1S/C20H21Cl3N2O2/c1-3-24-20(27)13(2)25(12-14-7-4-5-8-16(14)21)19(26)11-15-17(22)9-6-10-18(15)23/h4-10,13H,3,11-12H2,1-2H3,(H,24,27)/t13-/m0/s1. The Morgan fingerprint density at radius 2 is 1.59 bits per heavy atom. The topological polar surface area (TPSA) is 49.4 Å². The lowest BCUT2D eigenvalue weighted by atomic mass is 10.1. The fourth-order valence-electron chi connectivity index (χ4n) is 2.67. The number of hydrogen-bond acceptors (Lipinski definition) is 2. The van der Waals surface area contributed by atoms with Gasteiger partial charge in [-0.2, -0.15) is 0 Å². The molecular weight excluding hydrogens is 407 g/mol.